The lowest BCUT2D eigenvalue weighted by Crippen LogP contribution is -2.23. The topological polar surface area (TPSA) is 66.5 Å². The molecule has 0 spiro atoms. The van der Waals surface area contributed by atoms with Crippen molar-refractivity contribution in [2.45, 2.75) is 19.9 Å². The summed E-state index contributed by atoms with van der Waals surface area (Å²) in [7, 11) is -1.68. The number of nitrogens with one attached hydrogen (secondary N) is 1. The van der Waals surface area contributed by atoms with Gasteiger partial charge in [0.15, 0.2) is 0 Å². The third-order valence-corrected chi connectivity index (χ3v) is 4.34. The number of hydrogen-bond donors (Lipinski definition) is 1. The van der Waals surface area contributed by atoms with E-state index in [-0.39, 0.29) is 11.7 Å². The number of rotatable bonds is 7. The van der Waals surface area contributed by atoms with Crippen LogP contribution in [-0.2, 0) is 21.4 Å². The fourth-order valence-corrected chi connectivity index (χ4v) is 3.00. The van der Waals surface area contributed by atoms with Crippen molar-refractivity contribution in [3.05, 3.63) is 29.8 Å². The van der Waals surface area contributed by atoms with Crippen LogP contribution in [0.15, 0.2) is 24.3 Å². The highest BCUT2D eigenvalue weighted by molar-refractivity contribution is 7.92. The van der Waals surface area contributed by atoms with Crippen molar-refractivity contribution in [2.75, 3.05) is 23.4 Å². The van der Waals surface area contributed by atoms with E-state index in [1.165, 1.54) is 6.92 Å². The van der Waals surface area contributed by atoms with Gasteiger partial charge in [-0.15, -0.1) is 11.6 Å². The second-order valence-electron chi connectivity index (χ2n) is 4.54. The molecule has 0 radical (unpaired) electrons. The molecule has 0 aromatic heterocycles. The summed E-state index contributed by atoms with van der Waals surface area (Å²) in [6.07, 6.45) is 0.406. The van der Waals surface area contributed by atoms with E-state index in [4.69, 9.17) is 11.6 Å². The van der Waals surface area contributed by atoms with Crippen LogP contribution in [0.4, 0.5) is 5.69 Å². The van der Waals surface area contributed by atoms with E-state index in [0.717, 1.165) is 5.56 Å². The number of benzene rings is 1. The molecule has 5 nitrogen and oxygen atoms in total. The molecule has 1 aromatic rings. The number of alkyl halides is 1. The molecule has 1 rings (SSSR count). The van der Waals surface area contributed by atoms with E-state index in [2.05, 4.69) is 4.72 Å². The van der Waals surface area contributed by atoms with Gasteiger partial charge in [-0.2, -0.15) is 0 Å². The Labute approximate surface area is 125 Å². The quantitative estimate of drug-likeness (QED) is 0.782. The molecule has 7 heteroatoms. The number of carbonyl (C=O) groups excluding carboxylic acids is 1. The van der Waals surface area contributed by atoms with Crippen molar-refractivity contribution in [1.29, 1.82) is 0 Å². The molecule has 0 aliphatic carbocycles. The lowest BCUT2D eigenvalue weighted by atomic mass is 10.2. The Balaban J connectivity index is 2.75. The molecule has 0 aliphatic rings. The van der Waals surface area contributed by atoms with Crippen LogP contribution in [0.5, 0.6) is 0 Å². The van der Waals surface area contributed by atoms with Gasteiger partial charge in [0.25, 0.3) is 0 Å². The molecule has 0 fully saturated rings. The fraction of sp³-hybridized carbons (Fsp3) is 0.462. The first kappa shape index (κ1) is 16.8. The minimum absolute atomic E-state index is 0.00588. The van der Waals surface area contributed by atoms with Crippen molar-refractivity contribution >= 4 is 33.2 Å². The number of sulfonamides is 1. The Kier molecular flexibility index (Phi) is 6.29. The van der Waals surface area contributed by atoms with Crippen LogP contribution < -0.4 is 4.72 Å². The molecule has 1 amide bonds. The number of carbonyl (C=O) groups is 1. The van der Waals surface area contributed by atoms with Crippen LogP contribution in [0.1, 0.15) is 18.9 Å². The second kappa shape index (κ2) is 7.50. The number of halogens is 1. The number of hydrogen-bond acceptors (Lipinski definition) is 3. The van der Waals surface area contributed by atoms with E-state index in [9.17, 15) is 13.2 Å². The van der Waals surface area contributed by atoms with Gasteiger partial charge >= 0.3 is 0 Å². The Morgan fingerprint density at radius 1 is 1.40 bits per heavy atom. The third-order valence-electron chi connectivity index (χ3n) is 2.70. The van der Waals surface area contributed by atoms with Gasteiger partial charge in [-0.05, 0) is 24.1 Å². The summed E-state index contributed by atoms with van der Waals surface area (Å²) in [6, 6.07) is 6.99. The van der Waals surface area contributed by atoms with Gasteiger partial charge in [0.05, 0.1) is 5.75 Å². The Hall–Kier alpha value is -1.27. The molecular weight excluding hydrogens is 300 g/mol. The lowest BCUT2D eigenvalue weighted by Gasteiger charge is -2.15. The molecular formula is C13H19ClN2O3S. The Morgan fingerprint density at radius 3 is 2.70 bits per heavy atom. The molecule has 112 valence electrons. The Morgan fingerprint density at radius 2 is 2.10 bits per heavy atom. The second-order valence-corrected chi connectivity index (χ2v) is 6.76. The molecule has 0 heterocycles. The van der Waals surface area contributed by atoms with Crippen LogP contribution in [0.25, 0.3) is 0 Å². The first-order valence-electron chi connectivity index (χ1n) is 6.21. The molecule has 1 aromatic carbocycles. The van der Waals surface area contributed by atoms with Gasteiger partial charge in [-0.1, -0.05) is 12.1 Å². The van der Waals surface area contributed by atoms with E-state index in [1.54, 1.807) is 30.1 Å². The number of amides is 1. The summed E-state index contributed by atoms with van der Waals surface area (Å²) in [5.41, 5.74) is 1.36. The third kappa shape index (κ3) is 5.79. The van der Waals surface area contributed by atoms with Crippen molar-refractivity contribution in [3.8, 4) is 0 Å². The van der Waals surface area contributed by atoms with Crippen molar-refractivity contribution in [1.82, 2.24) is 4.90 Å². The fourth-order valence-electron chi connectivity index (χ4n) is 1.59. The van der Waals surface area contributed by atoms with E-state index >= 15 is 0 Å². The minimum Gasteiger partial charge on any atom is -0.342 e. The van der Waals surface area contributed by atoms with Crippen LogP contribution in [0.2, 0.25) is 0 Å². The molecule has 20 heavy (non-hydrogen) atoms. The molecule has 1 N–H and O–H groups in total. The van der Waals surface area contributed by atoms with Crippen molar-refractivity contribution in [2.24, 2.45) is 0 Å². The summed E-state index contributed by atoms with van der Waals surface area (Å²) < 4.78 is 26.0. The number of nitrogens with zero attached hydrogens (tertiary/aromatic N) is 1. The first-order chi connectivity index (χ1) is 9.34. The van der Waals surface area contributed by atoms with E-state index in [1.807, 2.05) is 6.07 Å². The normalized spacial score (nSPS) is 11.2. The first-order valence-corrected chi connectivity index (χ1v) is 8.40. The summed E-state index contributed by atoms with van der Waals surface area (Å²) >= 11 is 5.49. The lowest BCUT2D eigenvalue weighted by molar-refractivity contribution is -0.128. The molecule has 0 aliphatic heterocycles. The van der Waals surface area contributed by atoms with Crippen LogP contribution >= 0.6 is 11.6 Å². The highest BCUT2D eigenvalue weighted by Crippen LogP contribution is 2.14. The molecule has 0 atom stereocenters. The van der Waals surface area contributed by atoms with Gasteiger partial charge in [0.1, 0.15) is 0 Å². The van der Waals surface area contributed by atoms with Crippen LogP contribution in [0.3, 0.4) is 0 Å². The smallest absolute Gasteiger partial charge is 0.232 e. The van der Waals surface area contributed by atoms with Crippen LogP contribution in [-0.4, -0.2) is 37.9 Å². The SMILES string of the molecule is CC(=O)N(C)Cc1cccc(NS(=O)(=O)CCCCl)c1. The largest absolute Gasteiger partial charge is 0.342 e. The minimum atomic E-state index is -3.37. The Bertz CT molecular complexity index is 560. The zero-order valence-electron chi connectivity index (χ0n) is 11.6. The average molecular weight is 319 g/mol. The maximum Gasteiger partial charge on any atom is 0.232 e. The van der Waals surface area contributed by atoms with Crippen molar-refractivity contribution in [3.63, 3.8) is 0 Å². The van der Waals surface area contributed by atoms with Gasteiger partial charge in [-0.25, -0.2) is 8.42 Å². The standard InChI is InChI=1S/C13H19ClN2O3S/c1-11(17)16(2)10-12-5-3-6-13(9-12)15-20(18,19)8-4-7-14/h3,5-6,9,15H,4,7-8,10H2,1-2H3. The molecule has 0 saturated heterocycles. The van der Waals surface area contributed by atoms with E-state index < -0.39 is 10.0 Å². The zero-order valence-corrected chi connectivity index (χ0v) is 13.2. The predicted molar refractivity (Wildman–Crippen MR) is 81.3 cm³/mol. The summed E-state index contributed by atoms with van der Waals surface area (Å²) in [6.45, 7) is 1.92. The van der Waals surface area contributed by atoms with Crippen LogP contribution in [0, 0.1) is 0 Å². The summed E-state index contributed by atoms with van der Waals surface area (Å²) in [4.78, 5) is 12.7. The van der Waals surface area contributed by atoms with Crippen molar-refractivity contribution < 1.29 is 13.2 Å². The highest BCUT2D eigenvalue weighted by Gasteiger charge is 2.10. The van der Waals surface area contributed by atoms with Gasteiger partial charge in [0, 0.05) is 32.1 Å². The highest BCUT2D eigenvalue weighted by atomic mass is 35.5. The predicted octanol–water partition coefficient (Wildman–Crippen LogP) is 2.04. The average Bonchev–Trinajstić information content (AvgIpc) is 2.36. The van der Waals surface area contributed by atoms with Gasteiger partial charge in [-0.3, -0.25) is 9.52 Å². The number of anilines is 1. The maximum atomic E-state index is 11.8. The maximum absolute atomic E-state index is 11.8. The summed E-state index contributed by atoms with van der Waals surface area (Å²) in [5, 5.41) is 0. The van der Waals surface area contributed by atoms with Gasteiger partial charge < -0.3 is 4.90 Å². The monoisotopic (exact) mass is 318 g/mol. The van der Waals surface area contributed by atoms with E-state index in [0.29, 0.717) is 24.5 Å². The zero-order chi connectivity index (χ0) is 15.2. The molecule has 0 saturated carbocycles. The van der Waals surface area contributed by atoms with Gasteiger partial charge in [0.2, 0.25) is 15.9 Å². The molecule has 0 bridgehead atoms. The summed E-state index contributed by atoms with van der Waals surface area (Å²) in [5.74, 6) is 0.261. The molecule has 0 unspecified atom stereocenters.